The lowest BCUT2D eigenvalue weighted by molar-refractivity contribution is -0.146. The Balaban J connectivity index is 2.88. The topological polar surface area (TPSA) is 149 Å². The van der Waals surface area contributed by atoms with Gasteiger partial charge in [0.2, 0.25) is 5.91 Å². The molecular weight excluding hydrogens is 873 g/mol. The first-order chi connectivity index (χ1) is 33.6. The summed E-state index contributed by atoms with van der Waals surface area (Å²) in [7, 11) is 1.86. The summed E-state index contributed by atoms with van der Waals surface area (Å²) in [6.07, 6.45) is 34.8. The van der Waals surface area contributed by atoms with Gasteiger partial charge < -0.3 is 33.9 Å². The first-order valence-corrected chi connectivity index (χ1v) is 28.8. The molecule has 0 saturated carbocycles. The third-order valence-electron chi connectivity index (χ3n) is 14.0. The lowest BCUT2D eigenvalue weighted by atomic mass is 9.88. The normalized spacial score (nSPS) is 21.8. The number of cyclic esters (lactones) is 4. The maximum absolute atomic E-state index is 13.2. The van der Waals surface area contributed by atoms with Gasteiger partial charge in [0.25, 0.3) is 0 Å². The summed E-state index contributed by atoms with van der Waals surface area (Å²) in [5, 5.41) is 9.26. The minimum absolute atomic E-state index is 0.0172. The molecule has 0 aromatic rings. The van der Waals surface area contributed by atoms with Crippen molar-refractivity contribution >= 4 is 29.8 Å². The highest BCUT2D eigenvalue weighted by molar-refractivity contribution is 5.76. The van der Waals surface area contributed by atoms with Crippen LogP contribution in [0.4, 0.5) is 0 Å². The van der Waals surface area contributed by atoms with Crippen LogP contribution < -0.4 is 0 Å². The zero-order valence-electron chi connectivity index (χ0n) is 45.1. The molecule has 12 nitrogen and oxygen atoms in total. The Bertz CT molecular complexity index is 1270. The van der Waals surface area contributed by atoms with E-state index in [2.05, 4.69) is 20.8 Å². The molecule has 0 radical (unpaired) electrons. The van der Waals surface area contributed by atoms with Gasteiger partial charge in [0, 0.05) is 58.3 Å². The van der Waals surface area contributed by atoms with E-state index >= 15 is 0 Å². The molecule has 1 heterocycles. The van der Waals surface area contributed by atoms with Gasteiger partial charge in [-0.15, -0.1) is 0 Å². The summed E-state index contributed by atoms with van der Waals surface area (Å²) in [6.45, 7) is 10.0. The van der Waals surface area contributed by atoms with Crippen molar-refractivity contribution < 1.29 is 48.0 Å². The Hall–Kier alpha value is -2.73. The molecule has 3 unspecified atom stereocenters. The van der Waals surface area contributed by atoms with Gasteiger partial charge in [-0.3, -0.25) is 24.0 Å². The number of aliphatic hydroxyl groups excluding tert-OH is 1. The fourth-order valence-electron chi connectivity index (χ4n) is 9.56. The van der Waals surface area contributed by atoms with Crippen LogP contribution in [0.1, 0.15) is 252 Å². The highest BCUT2D eigenvalue weighted by Gasteiger charge is 2.18. The van der Waals surface area contributed by atoms with Crippen molar-refractivity contribution in [3.63, 3.8) is 0 Å². The van der Waals surface area contributed by atoms with E-state index in [1.165, 1.54) is 122 Å². The zero-order chi connectivity index (χ0) is 50.4. The number of nitrogens with zero attached hydrogens (tertiary/aromatic N) is 2. The molecule has 1 N–H and O–H groups in total. The number of amides is 1. The highest BCUT2D eigenvalue weighted by Crippen LogP contribution is 2.26. The van der Waals surface area contributed by atoms with Crippen molar-refractivity contribution in [1.82, 2.24) is 9.80 Å². The van der Waals surface area contributed by atoms with Crippen molar-refractivity contribution in [2.24, 2.45) is 17.8 Å². The maximum Gasteiger partial charge on any atom is 0.305 e. The van der Waals surface area contributed by atoms with Crippen molar-refractivity contribution in [3.05, 3.63) is 0 Å². The lowest BCUT2D eigenvalue weighted by Gasteiger charge is -2.24. The Kier molecular flexibility index (Phi) is 43.2. The SMILES string of the molecule is CCCCCCCCC1CCCCCC(CCC)CCCCC(CCCCCC)COC(=O)CCCCCC(=O)OCCCN(C(=O)CCN(C)CCO)CCCOC(=O)CCCCCC(=O)OC1. The fourth-order valence-corrected chi connectivity index (χ4v) is 9.56. The summed E-state index contributed by atoms with van der Waals surface area (Å²) in [6, 6.07) is 0. The average Bonchev–Trinajstić information content (AvgIpc) is 3.33. The van der Waals surface area contributed by atoms with Crippen molar-refractivity contribution in [2.45, 2.75) is 252 Å². The quantitative estimate of drug-likeness (QED) is 0.0749. The van der Waals surface area contributed by atoms with Crippen LogP contribution in [0.25, 0.3) is 0 Å². The van der Waals surface area contributed by atoms with Gasteiger partial charge in [-0.25, -0.2) is 0 Å². The van der Waals surface area contributed by atoms with Crippen molar-refractivity contribution in [2.75, 3.05) is 66.3 Å². The van der Waals surface area contributed by atoms with Crippen LogP contribution in [0.2, 0.25) is 0 Å². The third kappa shape index (κ3) is 39.6. The van der Waals surface area contributed by atoms with E-state index in [1.807, 2.05) is 11.9 Å². The molecule has 1 saturated heterocycles. The van der Waals surface area contributed by atoms with E-state index in [-0.39, 0.29) is 68.9 Å². The molecular formula is C57H106N2O10. The van der Waals surface area contributed by atoms with Crippen LogP contribution in [0.3, 0.4) is 0 Å². The summed E-state index contributed by atoms with van der Waals surface area (Å²) in [4.78, 5) is 67.5. The second-order valence-corrected chi connectivity index (χ2v) is 20.5. The number of unbranched alkanes of at least 4 members (excludes halogenated alkanes) is 8. The van der Waals surface area contributed by atoms with Crippen LogP contribution in [-0.2, 0) is 42.9 Å². The highest BCUT2D eigenvalue weighted by atomic mass is 16.5. The lowest BCUT2D eigenvalue weighted by Crippen LogP contribution is -2.36. The molecule has 1 aliphatic rings. The minimum atomic E-state index is -0.281. The molecule has 0 spiro atoms. The Morgan fingerprint density at radius 1 is 0.493 bits per heavy atom. The molecule has 69 heavy (non-hydrogen) atoms. The summed E-state index contributed by atoms with van der Waals surface area (Å²) >= 11 is 0. The second-order valence-electron chi connectivity index (χ2n) is 20.5. The molecule has 1 rings (SSSR count). The maximum atomic E-state index is 13.2. The predicted octanol–water partition coefficient (Wildman–Crippen LogP) is 12.9. The van der Waals surface area contributed by atoms with Gasteiger partial charge in [-0.2, -0.15) is 0 Å². The second kappa shape index (κ2) is 46.3. The molecule has 0 bridgehead atoms. The predicted molar refractivity (Wildman–Crippen MR) is 279 cm³/mol. The largest absolute Gasteiger partial charge is 0.466 e. The zero-order valence-corrected chi connectivity index (χ0v) is 45.1. The first kappa shape index (κ1) is 64.3. The average molecular weight is 979 g/mol. The van der Waals surface area contributed by atoms with Crippen LogP contribution in [0, 0.1) is 17.8 Å². The van der Waals surface area contributed by atoms with E-state index in [0.717, 1.165) is 44.4 Å². The summed E-state index contributed by atoms with van der Waals surface area (Å²) in [5.41, 5.74) is 0. The smallest absolute Gasteiger partial charge is 0.305 e. The van der Waals surface area contributed by atoms with Gasteiger partial charge in [-0.05, 0) is 89.0 Å². The summed E-state index contributed by atoms with van der Waals surface area (Å²) < 4.78 is 22.7. The van der Waals surface area contributed by atoms with Crippen LogP contribution >= 0.6 is 0 Å². The monoisotopic (exact) mass is 979 g/mol. The molecule has 1 amide bonds. The molecule has 3 atom stereocenters. The number of esters is 4. The molecule has 0 aliphatic carbocycles. The van der Waals surface area contributed by atoms with Crippen molar-refractivity contribution in [3.8, 4) is 0 Å². The third-order valence-corrected chi connectivity index (χ3v) is 14.0. The number of ether oxygens (including phenoxy) is 4. The molecule has 0 aromatic heterocycles. The van der Waals surface area contributed by atoms with Gasteiger partial charge >= 0.3 is 23.9 Å². The molecule has 0 aromatic carbocycles. The van der Waals surface area contributed by atoms with Gasteiger partial charge in [0.1, 0.15) is 0 Å². The number of hydrogen-bond donors (Lipinski definition) is 1. The van der Waals surface area contributed by atoms with E-state index < -0.39 is 0 Å². The van der Waals surface area contributed by atoms with Gasteiger partial charge in [0.05, 0.1) is 33.0 Å². The van der Waals surface area contributed by atoms with E-state index in [4.69, 9.17) is 18.9 Å². The Labute approximate surface area is 422 Å². The molecule has 12 heteroatoms. The Morgan fingerprint density at radius 3 is 1.36 bits per heavy atom. The molecule has 1 fully saturated rings. The van der Waals surface area contributed by atoms with Crippen LogP contribution in [0.5, 0.6) is 0 Å². The van der Waals surface area contributed by atoms with Crippen molar-refractivity contribution in [1.29, 1.82) is 0 Å². The van der Waals surface area contributed by atoms with Crippen LogP contribution in [-0.4, -0.2) is 111 Å². The van der Waals surface area contributed by atoms with Gasteiger partial charge in [0.15, 0.2) is 0 Å². The number of carbonyl (C=O) groups is 5. The van der Waals surface area contributed by atoms with E-state index in [0.29, 0.717) is 103 Å². The fraction of sp³-hybridized carbons (Fsp3) is 0.912. The van der Waals surface area contributed by atoms with Crippen LogP contribution in [0.15, 0.2) is 0 Å². The number of aliphatic hydroxyl groups is 1. The summed E-state index contributed by atoms with van der Waals surface area (Å²) in [5.74, 6) is 0.704. The number of rotatable bonds is 19. The van der Waals surface area contributed by atoms with E-state index in [1.54, 1.807) is 4.90 Å². The Morgan fingerprint density at radius 2 is 0.899 bits per heavy atom. The number of hydrogen-bond acceptors (Lipinski definition) is 11. The standard InChI is InChI=1S/C57H106N2O10/c1-5-8-10-12-13-18-33-51-34-20-14-19-30-50(29-7-3)31-25-26-35-52(32-17-11-9-6-2)49-69-57(65)39-24-16-22-37-55(63)67-47-28-42-59(53(61)40-43-58(4)44-45-60)41-27-46-66-54(62)36-21-15-23-38-56(64)68-48-51/h50-52,60H,5-49H2,1-4H3. The number of carbonyl (C=O) groups excluding carboxylic acids is 5. The number of likely N-dealkylation sites (N-methyl/N-ethyl adjacent to an activating group) is 1. The minimum Gasteiger partial charge on any atom is -0.466 e. The molecule has 404 valence electrons. The van der Waals surface area contributed by atoms with Gasteiger partial charge in [-0.1, -0.05) is 156 Å². The van der Waals surface area contributed by atoms with E-state index in [9.17, 15) is 29.1 Å². The molecule has 1 aliphatic heterocycles. The first-order valence-electron chi connectivity index (χ1n) is 28.8.